The Kier molecular flexibility index (Phi) is 3.91. The fraction of sp³-hybridized carbons (Fsp3) is 0.429. The van der Waals surface area contributed by atoms with Crippen molar-refractivity contribution in [3.05, 3.63) is 23.8 Å². The number of methoxy groups -OCH3 is 1. The molecule has 2 rings (SSSR count). The molecule has 0 spiro atoms. The molecule has 5 nitrogen and oxygen atoms in total. The van der Waals surface area contributed by atoms with Crippen molar-refractivity contribution in [1.82, 2.24) is 4.90 Å². The summed E-state index contributed by atoms with van der Waals surface area (Å²) in [5.74, 6) is 0.406. The van der Waals surface area contributed by atoms with Gasteiger partial charge in [-0.2, -0.15) is 5.26 Å². The lowest BCUT2D eigenvalue weighted by Gasteiger charge is -2.22. The molecule has 1 fully saturated rings. The van der Waals surface area contributed by atoms with Gasteiger partial charge in [-0.3, -0.25) is 4.79 Å². The van der Waals surface area contributed by atoms with Crippen molar-refractivity contribution < 1.29 is 9.53 Å². The minimum absolute atomic E-state index is 0.109. The summed E-state index contributed by atoms with van der Waals surface area (Å²) in [5, 5.41) is 8.68. The third-order valence-electron chi connectivity index (χ3n) is 3.17. The van der Waals surface area contributed by atoms with Gasteiger partial charge in [-0.05, 0) is 31.0 Å². The molecule has 1 aliphatic rings. The molecule has 1 saturated carbocycles. The molecule has 0 unspecified atom stereocenters. The minimum Gasteiger partial charge on any atom is -0.496 e. The van der Waals surface area contributed by atoms with E-state index in [0.29, 0.717) is 30.0 Å². The van der Waals surface area contributed by atoms with E-state index in [-0.39, 0.29) is 11.9 Å². The number of hydrogen-bond donors (Lipinski definition) is 1. The van der Waals surface area contributed by atoms with Crippen LogP contribution in [-0.2, 0) is 0 Å². The third-order valence-corrected chi connectivity index (χ3v) is 3.17. The molecule has 0 atom stereocenters. The van der Waals surface area contributed by atoms with Gasteiger partial charge in [-0.1, -0.05) is 0 Å². The Morgan fingerprint density at radius 1 is 1.58 bits per heavy atom. The van der Waals surface area contributed by atoms with Crippen LogP contribution in [0.5, 0.6) is 5.75 Å². The molecule has 2 N–H and O–H groups in total. The van der Waals surface area contributed by atoms with Gasteiger partial charge < -0.3 is 15.4 Å². The lowest BCUT2D eigenvalue weighted by Crippen LogP contribution is -2.34. The highest BCUT2D eigenvalue weighted by Gasteiger charge is 2.33. The highest BCUT2D eigenvalue weighted by Crippen LogP contribution is 2.31. The second-order valence-corrected chi connectivity index (χ2v) is 4.60. The monoisotopic (exact) mass is 259 g/mol. The minimum atomic E-state index is -0.109. The Hall–Kier alpha value is -2.22. The van der Waals surface area contributed by atoms with Gasteiger partial charge in [-0.25, -0.2) is 0 Å². The van der Waals surface area contributed by atoms with Crippen LogP contribution in [0.1, 0.15) is 29.6 Å². The number of amides is 1. The first kappa shape index (κ1) is 13.2. The molecule has 0 heterocycles. The molecule has 0 saturated heterocycles. The van der Waals surface area contributed by atoms with E-state index in [1.807, 2.05) is 0 Å². The summed E-state index contributed by atoms with van der Waals surface area (Å²) in [6, 6.07) is 7.35. The van der Waals surface area contributed by atoms with E-state index in [0.717, 1.165) is 12.8 Å². The number of anilines is 1. The topological polar surface area (TPSA) is 79.3 Å². The summed E-state index contributed by atoms with van der Waals surface area (Å²) in [7, 11) is 1.53. The number of carbonyl (C=O) groups excluding carboxylic acids is 1. The maximum Gasteiger partial charge on any atom is 0.257 e. The van der Waals surface area contributed by atoms with Crippen LogP contribution in [0.3, 0.4) is 0 Å². The van der Waals surface area contributed by atoms with E-state index in [4.69, 9.17) is 15.7 Å². The molecule has 100 valence electrons. The number of carbonyl (C=O) groups is 1. The Balaban J connectivity index is 2.25. The first-order chi connectivity index (χ1) is 9.17. The van der Waals surface area contributed by atoms with Crippen molar-refractivity contribution in [2.75, 3.05) is 19.4 Å². The van der Waals surface area contributed by atoms with Crippen LogP contribution < -0.4 is 10.5 Å². The van der Waals surface area contributed by atoms with E-state index in [1.165, 1.54) is 7.11 Å². The number of hydrogen-bond acceptors (Lipinski definition) is 4. The highest BCUT2D eigenvalue weighted by atomic mass is 16.5. The maximum absolute atomic E-state index is 12.5. The predicted octanol–water partition coefficient (Wildman–Crippen LogP) is 1.80. The van der Waals surface area contributed by atoms with Crippen LogP contribution >= 0.6 is 0 Å². The molecule has 19 heavy (non-hydrogen) atoms. The Morgan fingerprint density at radius 2 is 2.32 bits per heavy atom. The lowest BCUT2D eigenvalue weighted by molar-refractivity contribution is 0.0743. The second kappa shape index (κ2) is 5.61. The van der Waals surface area contributed by atoms with Crippen LogP contribution in [0, 0.1) is 11.3 Å². The van der Waals surface area contributed by atoms with Gasteiger partial charge in [0.05, 0.1) is 25.2 Å². The second-order valence-electron chi connectivity index (χ2n) is 4.60. The van der Waals surface area contributed by atoms with Crippen LogP contribution in [0.15, 0.2) is 18.2 Å². The van der Waals surface area contributed by atoms with Gasteiger partial charge in [0.2, 0.25) is 0 Å². The largest absolute Gasteiger partial charge is 0.496 e. The average molecular weight is 259 g/mol. The SMILES string of the molecule is COc1ccc(N)cc1C(=O)N(CCC#N)C1CC1. The summed E-state index contributed by atoms with van der Waals surface area (Å²) in [4.78, 5) is 14.3. The molecule has 1 amide bonds. The number of nitrogen functional groups attached to an aromatic ring is 1. The zero-order valence-corrected chi connectivity index (χ0v) is 10.9. The molecule has 0 aromatic heterocycles. The van der Waals surface area contributed by atoms with Crippen LogP contribution in [0.2, 0.25) is 0 Å². The summed E-state index contributed by atoms with van der Waals surface area (Å²) >= 11 is 0. The fourth-order valence-corrected chi connectivity index (χ4v) is 2.05. The van der Waals surface area contributed by atoms with Gasteiger partial charge in [0.15, 0.2) is 0 Å². The van der Waals surface area contributed by atoms with E-state index in [1.54, 1.807) is 23.1 Å². The smallest absolute Gasteiger partial charge is 0.257 e. The summed E-state index contributed by atoms with van der Waals surface area (Å²) in [6.45, 7) is 0.456. The van der Waals surface area contributed by atoms with Crippen molar-refractivity contribution >= 4 is 11.6 Å². The van der Waals surface area contributed by atoms with Crippen molar-refractivity contribution in [3.63, 3.8) is 0 Å². The van der Waals surface area contributed by atoms with Gasteiger partial charge in [0.1, 0.15) is 5.75 Å². The van der Waals surface area contributed by atoms with E-state index < -0.39 is 0 Å². The number of benzene rings is 1. The maximum atomic E-state index is 12.5. The summed E-state index contributed by atoms with van der Waals surface area (Å²) < 4.78 is 5.21. The number of nitrogens with two attached hydrogens (primary N) is 1. The molecule has 0 bridgehead atoms. The van der Waals surface area contributed by atoms with Crippen molar-refractivity contribution in [3.8, 4) is 11.8 Å². The number of nitriles is 1. The Morgan fingerprint density at radius 3 is 2.89 bits per heavy atom. The van der Waals surface area contributed by atoms with Crippen molar-refractivity contribution in [2.24, 2.45) is 0 Å². The number of rotatable bonds is 5. The van der Waals surface area contributed by atoms with E-state index in [2.05, 4.69) is 6.07 Å². The molecular formula is C14H17N3O2. The van der Waals surface area contributed by atoms with Gasteiger partial charge in [0, 0.05) is 18.3 Å². The van der Waals surface area contributed by atoms with E-state index in [9.17, 15) is 4.79 Å². The first-order valence-electron chi connectivity index (χ1n) is 6.28. The lowest BCUT2D eigenvalue weighted by atomic mass is 10.1. The van der Waals surface area contributed by atoms with Gasteiger partial charge in [-0.15, -0.1) is 0 Å². The van der Waals surface area contributed by atoms with Crippen LogP contribution in [-0.4, -0.2) is 30.5 Å². The van der Waals surface area contributed by atoms with Crippen molar-refractivity contribution in [2.45, 2.75) is 25.3 Å². The Bertz CT molecular complexity index is 518. The zero-order chi connectivity index (χ0) is 13.8. The molecule has 1 aromatic rings. The van der Waals surface area contributed by atoms with Gasteiger partial charge in [0.25, 0.3) is 5.91 Å². The quantitative estimate of drug-likeness (QED) is 0.818. The van der Waals surface area contributed by atoms with E-state index >= 15 is 0 Å². The molecular weight excluding hydrogens is 242 g/mol. The summed E-state index contributed by atoms with van der Waals surface area (Å²) in [5.41, 5.74) is 6.73. The van der Waals surface area contributed by atoms with Crippen LogP contribution in [0.4, 0.5) is 5.69 Å². The molecule has 1 aromatic carbocycles. The fourth-order valence-electron chi connectivity index (χ4n) is 2.05. The van der Waals surface area contributed by atoms with Crippen molar-refractivity contribution in [1.29, 1.82) is 5.26 Å². The molecule has 1 aliphatic carbocycles. The standard InChI is InChI=1S/C14H17N3O2/c1-19-13-6-3-10(16)9-12(13)14(18)17(8-2-7-15)11-4-5-11/h3,6,9,11H,2,4-5,8,16H2,1H3. The van der Waals surface area contributed by atoms with Gasteiger partial charge >= 0.3 is 0 Å². The third kappa shape index (κ3) is 2.97. The first-order valence-corrected chi connectivity index (χ1v) is 6.28. The normalized spacial score (nSPS) is 13.7. The number of nitrogens with zero attached hydrogens (tertiary/aromatic N) is 2. The molecule has 5 heteroatoms. The predicted molar refractivity (Wildman–Crippen MR) is 71.7 cm³/mol. The number of ether oxygens (including phenoxy) is 1. The zero-order valence-electron chi connectivity index (χ0n) is 10.9. The van der Waals surface area contributed by atoms with Crippen LogP contribution in [0.25, 0.3) is 0 Å². The highest BCUT2D eigenvalue weighted by molar-refractivity contribution is 5.98. The molecule has 0 aliphatic heterocycles. The average Bonchev–Trinajstić information content (AvgIpc) is 3.23. The Labute approximate surface area is 112 Å². The molecule has 0 radical (unpaired) electrons. The summed E-state index contributed by atoms with van der Waals surface area (Å²) in [6.07, 6.45) is 2.34.